The summed E-state index contributed by atoms with van der Waals surface area (Å²) in [4.78, 5) is 36.4. The number of nitrogens with one attached hydrogen (secondary N) is 2. The topological polar surface area (TPSA) is 80.2 Å². The Labute approximate surface area is 139 Å². The van der Waals surface area contributed by atoms with Gasteiger partial charge in [-0.1, -0.05) is 18.2 Å². The molecule has 2 heterocycles. The van der Waals surface area contributed by atoms with E-state index < -0.39 is 5.54 Å². The highest BCUT2D eigenvalue weighted by Crippen LogP contribution is 2.19. The van der Waals surface area contributed by atoms with Crippen molar-refractivity contribution < 1.29 is 9.59 Å². The van der Waals surface area contributed by atoms with Gasteiger partial charge in [-0.25, -0.2) is 0 Å². The summed E-state index contributed by atoms with van der Waals surface area (Å²) in [5.41, 5.74) is -0.103. The lowest BCUT2D eigenvalue weighted by Crippen LogP contribution is -2.55. The molecular formula is C18H21N3O3. The highest BCUT2D eigenvalue weighted by Gasteiger charge is 2.30. The predicted molar refractivity (Wildman–Crippen MR) is 91.9 cm³/mol. The third kappa shape index (κ3) is 3.04. The second kappa shape index (κ2) is 6.11. The lowest BCUT2D eigenvalue weighted by molar-refractivity contribution is -0.124. The average molecular weight is 327 g/mol. The fraction of sp³-hybridized carbons (Fsp3) is 0.389. The first-order chi connectivity index (χ1) is 11.4. The molecule has 6 heteroatoms. The van der Waals surface area contributed by atoms with E-state index in [2.05, 4.69) is 10.6 Å². The van der Waals surface area contributed by atoms with E-state index >= 15 is 0 Å². The predicted octanol–water partition coefficient (Wildman–Crippen LogP) is 1.33. The zero-order valence-corrected chi connectivity index (χ0v) is 13.9. The van der Waals surface area contributed by atoms with Crippen molar-refractivity contribution in [2.45, 2.75) is 31.7 Å². The number of nitrogens with zero attached hydrogens (tertiary/aromatic N) is 1. The van der Waals surface area contributed by atoms with Gasteiger partial charge in [-0.05, 0) is 25.8 Å². The van der Waals surface area contributed by atoms with Gasteiger partial charge in [-0.15, -0.1) is 0 Å². The van der Waals surface area contributed by atoms with Gasteiger partial charge >= 0.3 is 0 Å². The van der Waals surface area contributed by atoms with E-state index in [-0.39, 0.29) is 17.4 Å². The number of carbonyl (C=O) groups is 2. The number of aryl methyl sites for hydroxylation is 1. The van der Waals surface area contributed by atoms with Gasteiger partial charge in [0.1, 0.15) is 0 Å². The standard InChI is InChI=1S/C18H21N3O3/c1-18(9-5-8-15(22)20-18)11-19-16(23)14-10-21(2)17(24)13-7-4-3-6-12(13)14/h3-4,6-7,10H,5,8-9,11H2,1-2H3,(H,19,23)(H,20,22). The molecule has 2 N–H and O–H groups in total. The van der Waals surface area contributed by atoms with Crippen molar-refractivity contribution in [2.24, 2.45) is 7.05 Å². The summed E-state index contributed by atoms with van der Waals surface area (Å²) in [5.74, 6) is -0.228. The van der Waals surface area contributed by atoms with Crippen molar-refractivity contribution >= 4 is 22.6 Å². The monoisotopic (exact) mass is 327 g/mol. The van der Waals surface area contributed by atoms with Gasteiger partial charge in [-0.3, -0.25) is 14.4 Å². The highest BCUT2D eigenvalue weighted by atomic mass is 16.2. The molecule has 0 aliphatic carbocycles. The smallest absolute Gasteiger partial charge is 0.258 e. The summed E-state index contributed by atoms with van der Waals surface area (Å²) in [6.07, 6.45) is 3.74. The summed E-state index contributed by atoms with van der Waals surface area (Å²) in [6, 6.07) is 7.08. The van der Waals surface area contributed by atoms with Crippen molar-refractivity contribution in [3.05, 3.63) is 46.4 Å². The zero-order valence-electron chi connectivity index (χ0n) is 13.9. The van der Waals surface area contributed by atoms with Crippen LogP contribution in [0.1, 0.15) is 36.5 Å². The summed E-state index contributed by atoms with van der Waals surface area (Å²) in [5, 5.41) is 7.00. The van der Waals surface area contributed by atoms with E-state index in [1.807, 2.05) is 6.92 Å². The van der Waals surface area contributed by atoms with Crippen LogP contribution in [0.3, 0.4) is 0 Å². The number of hydrogen-bond acceptors (Lipinski definition) is 3. The van der Waals surface area contributed by atoms with Gasteiger partial charge < -0.3 is 15.2 Å². The van der Waals surface area contributed by atoms with Crippen LogP contribution in [0.4, 0.5) is 0 Å². The Bertz CT molecular complexity index is 871. The first kappa shape index (κ1) is 16.2. The van der Waals surface area contributed by atoms with E-state index in [9.17, 15) is 14.4 Å². The maximum Gasteiger partial charge on any atom is 0.258 e. The van der Waals surface area contributed by atoms with Crippen molar-refractivity contribution in [3.8, 4) is 0 Å². The quantitative estimate of drug-likeness (QED) is 0.892. The van der Waals surface area contributed by atoms with Crippen LogP contribution >= 0.6 is 0 Å². The van der Waals surface area contributed by atoms with E-state index in [0.29, 0.717) is 29.3 Å². The van der Waals surface area contributed by atoms with Crippen molar-refractivity contribution in [3.63, 3.8) is 0 Å². The van der Waals surface area contributed by atoms with Gasteiger partial charge in [0.15, 0.2) is 0 Å². The summed E-state index contributed by atoms with van der Waals surface area (Å²) >= 11 is 0. The number of pyridine rings is 1. The molecular weight excluding hydrogens is 306 g/mol. The molecule has 0 radical (unpaired) electrons. The first-order valence-corrected chi connectivity index (χ1v) is 8.07. The molecule has 2 aromatic rings. The molecule has 6 nitrogen and oxygen atoms in total. The Morgan fingerprint density at radius 2 is 2.00 bits per heavy atom. The third-order valence-electron chi connectivity index (χ3n) is 4.55. The third-order valence-corrected chi connectivity index (χ3v) is 4.55. The second-order valence-corrected chi connectivity index (χ2v) is 6.65. The van der Waals surface area contributed by atoms with Gasteiger partial charge in [0.25, 0.3) is 11.5 Å². The molecule has 126 valence electrons. The molecule has 1 unspecified atom stereocenters. The van der Waals surface area contributed by atoms with Crippen molar-refractivity contribution in [1.29, 1.82) is 0 Å². The van der Waals surface area contributed by atoms with Crippen LogP contribution in [0.2, 0.25) is 0 Å². The summed E-state index contributed by atoms with van der Waals surface area (Å²) in [7, 11) is 1.63. The number of hydrogen-bond donors (Lipinski definition) is 2. The molecule has 0 bridgehead atoms. The van der Waals surface area contributed by atoms with Crippen LogP contribution in [0.25, 0.3) is 10.8 Å². The number of piperidine rings is 1. The Morgan fingerprint density at radius 1 is 1.29 bits per heavy atom. The fourth-order valence-electron chi connectivity index (χ4n) is 3.20. The number of rotatable bonds is 3. The minimum atomic E-state index is -0.429. The van der Waals surface area contributed by atoms with E-state index in [0.717, 1.165) is 12.8 Å². The number of fused-ring (bicyclic) bond motifs is 1. The lowest BCUT2D eigenvalue weighted by atomic mass is 9.90. The molecule has 1 saturated heterocycles. The van der Waals surface area contributed by atoms with Crippen molar-refractivity contribution in [1.82, 2.24) is 15.2 Å². The summed E-state index contributed by atoms with van der Waals surface area (Å²) in [6.45, 7) is 2.29. The highest BCUT2D eigenvalue weighted by molar-refractivity contribution is 6.06. The Hall–Kier alpha value is -2.63. The zero-order chi connectivity index (χ0) is 17.3. The normalized spacial score (nSPS) is 20.7. The van der Waals surface area contributed by atoms with Gasteiger partial charge in [-0.2, -0.15) is 0 Å². The van der Waals surface area contributed by atoms with Gasteiger partial charge in [0.2, 0.25) is 5.91 Å². The number of carbonyl (C=O) groups excluding carboxylic acids is 2. The second-order valence-electron chi connectivity index (χ2n) is 6.65. The molecule has 3 rings (SSSR count). The molecule has 0 spiro atoms. The SMILES string of the molecule is Cn1cc(C(=O)NCC2(C)CCCC(=O)N2)c2ccccc2c1=O. The number of aromatic nitrogens is 1. The lowest BCUT2D eigenvalue weighted by Gasteiger charge is -2.34. The van der Waals surface area contributed by atoms with E-state index in [1.165, 1.54) is 4.57 Å². The Balaban J connectivity index is 1.86. The molecule has 1 aromatic carbocycles. The Kier molecular flexibility index (Phi) is 4.13. The molecule has 1 aromatic heterocycles. The van der Waals surface area contributed by atoms with Crippen LogP contribution < -0.4 is 16.2 Å². The van der Waals surface area contributed by atoms with Gasteiger partial charge in [0, 0.05) is 37.0 Å². The molecule has 1 atom stereocenters. The number of benzene rings is 1. The molecule has 2 amide bonds. The van der Waals surface area contributed by atoms with Gasteiger partial charge in [0.05, 0.1) is 11.1 Å². The van der Waals surface area contributed by atoms with Crippen LogP contribution in [0, 0.1) is 0 Å². The molecule has 1 aliphatic heterocycles. The maximum atomic E-state index is 12.6. The fourth-order valence-corrected chi connectivity index (χ4v) is 3.20. The molecule has 24 heavy (non-hydrogen) atoms. The van der Waals surface area contributed by atoms with E-state index in [1.54, 1.807) is 37.5 Å². The molecule has 0 saturated carbocycles. The molecule has 1 aliphatic rings. The largest absolute Gasteiger partial charge is 0.350 e. The maximum absolute atomic E-state index is 12.6. The minimum Gasteiger partial charge on any atom is -0.350 e. The Morgan fingerprint density at radius 3 is 2.71 bits per heavy atom. The number of amides is 2. The molecule has 1 fully saturated rings. The van der Waals surface area contributed by atoms with Crippen LogP contribution in [0.5, 0.6) is 0 Å². The van der Waals surface area contributed by atoms with Crippen LogP contribution in [-0.2, 0) is 11.8 Å². The average Bonchev–Trinajstić information content (AvgIpc) is 2.56. The van der Waals surface area contributed by atoms with Crippen molar-refractivity contribution in [2.75, 3.05) is 6.54 Å². The first-order valence-electron chi connectivity index (χ1n) is 8.07. The van der Waals surface area contributed by atoms with Crippen LogP contribution in [-0.4, -0.2) is 28.5 Å². The van der Waals surface area contributed by atoms with E-state index in [4.69, 9.17) is 0 Å². The summed E-state index contributed by atoms with van der Waals surface area (Å²) < 4.78 is 1.42. The van der Waals surface area contributed by atoms with Crippen LogP contribution in [0.15, 0.2) is 35.3 Å². The minimum absolute atomic E-state index is 0.0190.